The van der Waals surface area contributed by atoms with Crippen LogP contribution in [0, 0.1) is 12.8 Å². The predicted molar refractivity (Wildman–Crippen MR) is 79.1 cm³/mol. The highest BCUT2D eigenvalue weighted by molar-refractivity contribution is 8.01. The van der Waals surface area contributed by atoms with Gasteiger partial charge in [0.15, 0.2) is 0 Å². The van der Waals surface area contributed by atoms with Gasteiger partial charge in [0.25, 0.3) is 0 Å². The first-order chi connectivity index (χ1) is 9.22. The van der Waals surface area contributed by atoms with Crippen molar-refractivity contribution in [2.75, 3.05) is 30.3 Å². The van der Waals surface area contributed by atoms with Gasteiger partial charge in [0.1, 0.15) is 5.01 Å². The Morgan fingerprint density at radius 1 is 1.37 bits per heavy atom. The molecule has 1 aromatic rings. The van der Waals surface area contributed by atoms with Gasteiger partial charge in [-0.25, -0.2) is 0 Å². The molecule has 1 aromatic heterocycles. The number of nitrogens with zero attached hydrogens (tertiary/aromatic N) is 3. The molecule has 2 saturated heterocycles. The van der Waals surface area contributed by atoms with Crippen molar-refractivity contribution >= 4 is 28.2 Å². The SMILES string of the molecule is Cc1nnc(N2CC3(C[C@H](OCC4CC4)CS3)C2)s1. The van der Waals surface area contributed by atoms with Crippen LogP contribution in [0.15, 0.2) is 0 Å². The van der Waals surface area contributed by atoms with Crippen LogP contribution >= 0.6 is 23.1 Å². The number of ether oxygens (including phenoxy) is 1. The molecule has 0 unspecified atom stereocenters. The molecule has 19 heavy (non-hydrogen) atoms. The third kappa shape index (κ3) is 2.50. The molecule has 0 amide bonds. The van der Waals surface area contributed by atoms with Crippen LogP contribution in [0.2, 0.25) is 0 Å². The lowest BCUT2D eigenvalue weighted by Crippen LogP contribution is -2.59. The minimum absolute atomic E-state index is 0.438. The zero-order valence-electron chi connectivity index (χ0n) is 11.2. The molecule has 0 aromatic carbocycles. The largest absolute Gasteiger partial charge is 0.377 e. The van der Waals surface area contributed by atoms with E-state index in [1.54, 1.807) is 11.3 Å². The summed E-state index contributed by atoms with van der Waals surface area (Å²) in [5.41, 5.74) is 0. The van der Waals surface area contributed by atoms with Crippen LogP contribution in [0.4, 0.5) is 5.13 Å². The smallest absolute Gasteiger partial charge is 0.208 e. The monoisotopic (exact) mass is 297 g/mol. The summed E-state index contributed by atoms with van der Waals surface area (Å²) in [5, 5.41) is 10.5. The highest BCUT2D eigenvalue weighted by Crippen LogP contribution is 2.48. The van der Waals surface area contributed by atoms with Crippen molar-refractivity contribution in [2.24, 2.45) is 5.92 Å². The Labute approximate surface area is 121 Å². The molecule has 0 radical (unpaired) electrons. The Balaban J connectivity index is 1.29. The molecule has 0 N–H and O–H groups in total. The highest BCUT2D eigenvalue weighted by Gasteiger charge is 2.50. The van der Waals surface area contributed by atoms with Crippen LogP contribution < -0.4 is 4.90 Å². The summed E-state index contributed by atoms with van der Waals surface area (Å²) < 4.78 is 6.48. The van der Waals surface area contributed by atoms with Gasteiger partial charge in [-0.1, -0.05) is 11.3 Å². The van der Waals surface area contributed by atoms with E-state index < -0.39 is 0 Å². The van der Waals surface area contributed by atoms with E-state index in [9.17, 15) is 0 Å². The zero-order valence-corrected chi connectivity index (χ0v) is 12.8. The Hall–Kier alpha value is -0.330. The second kappa shape index (κ2) is 4.60. The van der Waals surface area contributed by atoms with E-state index in [0.717, 1.165) is 35.8 Å². The number of aromatic nitrogens is 2. The lowest BCUT2D eigenvalue weighted by atomic mass is 9.93. The van der Waals surface area contributed by atoms with E-state index in [2.05, 4.69) is 26.9 Å². The number of hydrogen-bond acceptors (Lipinski definition) is 6. The average molecular weight is 297 g/mol. The van der Waals surface area contributed by atoms with E-state index in [1.165, 1.54) is 25.0 Å². The number of anilines is 1. The van der Waals surface area contributed by atoms with Gasteiger partial charge in [0.05, 0.1) is 10.9 Å². The van der Waals surface area contributed by atoms with E-state index in [0.29, 0.717) is 10.9 Å². The van der Waals surface area contributed by atoms with Gasteiger partial charge in [-0.3, -0.25) is 0 Å². The van der Waals surface area contributed by atoms with Crippen LogP contribution in [0.25, 0.3) is 0 Å². The summed E-state index contributed by atoms with van der Waals surface area (Å²) in [6.07, 6.45) is 4.48. The molecule has 3 fully saturated rings. The maximum atomic E-state index is 6.04. The number of aryl methyl sites for hydroxylation is 1. The Morgan fingerprint density at radius 3 is 2.89 bits per heavy atom. The molecule has 3 heterocycles. The molecular formula is C13H19N3OS2. The number of rotatable bonds is 4. The highest BCUT2D eigenvalue weighted by atomic mass is 32.2. The molecular weight excluding hydrogens is 278 g/mol. The summed E-state index contributed by atoms with van der Waals surface area (Å²) in [6, 6.07) is 0. The minimum atomic E-state index is 0.438. The van der Waals surface area contributed by atoms with Crippen molar-refractivity contribution in [1.29, 1.82) is 0 Å². The van der Waals surface area contributed by atoms with Crippen molar-refractivity contribution in [3.05, 3.63) is 5.01 Å². The van der Waals surface area contributed by atoms with Crippen LogP contribution in [0.3, 0.4) is 0 Å². The van der Waals surface area contributed by atoms with Crippen molar-refractivity contribution in [2.45, 2.75) is 37.0 Å². The zero-order chi connectivity index (χ0) is 12.9. The lowest BCUT2D eigenvalue weighted by molar-refractivity contribution is 0.0529. The summed E-state index contributed by atoms with van der Waals surface area (Å²) in [6.45, 7) is 5.26. The normalized spacial score (nSPS) is 28.9. The quantitative estimate of drug-likeness (QED) is 0.853. The fourth-order valence-corrected chi connectivity index (χ4v) is 5.12. The molecule has 1 atom stereocenters. The number of thioether (sulfide) groups is 1. The standard InChI is InChI=1S/C13H19N3OS2/c1-9-14-15-12(19-9)16-7-13(8-16)4-11(6-18-13)17-5-10-2-3-10/h10-11H,2-8H2,1H3/t11-/m0/s1. The molecule has 104 valence electrons. The number of hydrogen-bond donors (Lipinski definition) is 0. The third-order valence-electron chi connectivity index (χ3n) is 4.18. The first-order valence-electron chi connectivity index (χ1n) is 7.03. The fraction of sp³-hybridized carbons (Fsp3) is 0.846. The third-order valence-corrected chi connectivity index (χ3v) is 6.66. The molecule has 1 spiro atoms. The molecule has 4 nitrogen and oxygen atoms in total. The van der Waals surface area contributed by atoms with Gasteiger partial charge in [-0.15, -0.1) is 22.0 Å². The summed E-state index contributed by atoms with van der Waals surface area (Å²) >= 11 is 3.81. The Morgan fingerprint density at radius 2 is 2.21 bits per heavy atom. The van der Waals surface area contributed by atoms with E-state index in [1.807, 2.05) is 6.92 Å². The van der Waals surface area contributed by atoms with E-state index in [4.69, 9.17) is 4.74 Å². The lowest BCUT2D eigenvalue weighted by Gasteiger charge is -2.47. The van der Waals surface area contributed by atoms with Crippen molar-refractivity contribution in [3.63, 3.8) is 0 Å². The minimum Gasteiger partial charge on any atom is -0.377 e. The van der Waals surface area contributed by atoms with Gasteiger partial charge in [0, 0.05) is 25.4 Å². The maximum Gasteiger partial charge on any atom is 0.208 e. The molecule has 2 aliphatic heterocycles. The summed E-state index contributed by atoms with van der Waals surface area (Å²) in [4.78, 5) is 2.36. The molecule has 1 saturated carbocycles. The van der Waals surface area contributed by atoms with Crippen LogP contribution in [-0.4, -0.2) is 46.5 Å². The van der Waals surface area contributed by atoms with Gasteiger partial charge in [0.2, 0.25) is 5.13 Å². The first kappa shape index (κ1) is 12.4. The van der Waals surface area contributed by atoms with E-state index in [-0.39, 0.29) is 0 Å². The molecule has 6 heteroatoms. The van der Waals surface area contributed by atoms with Crippen molar-refractivity contribution in [3.8, 4) is 0 Å². The first-order valence-corrected chi connectivity index (χ1v) is 8.83. The van der Waals surface area contributed by atoms with Crippen LogP contribution in [0.1, 0.15) is 24.3 Å². The second-order valence-electron chi connectivity index (χ2n) is 6.06. The Kier molecular flexibility index (Phi) is 3.01. The van der Waals surface area contributed by atoms with Gasteiger partial charge >= 0.3 is 0 Å². The molecule has 3 aliphatic rings. The summed E-state index contributed by atoms with van der Waals surface area (Å²) in [7, 11) is 0. The molecule has 1 aliphatic carbocycles. The fourth-order valence-electron chi connectivity index (χ4n) is 2.89. The average Bonchev–Trinajstić information content (AvgIpc) is 2.92. The second-order valence-corrected chi connectivity index (χ2v) is 8.70. The predicted octanol–water partition coefficient (Wildman–Crippen LogP) is 2.34. The summed E-state index contributed by atoms with van der Waals surface area (Å²) in [5.74, 6) is 2.05. The van der Waals surface area contributed by atoms with Crippen LogP contribution in [0.5, 0.6) is 0 Å². The van der Waals surface area contributed by atoms with Gasteiger partial charge in [-0.2, -0.15) is 0 Å². The Bertz CT molecular complexity index is 468. The molecule has 4 rings (SSSR count). The molecule has 0 bridgehead atoms. The van der Waals surface area contributed by atoms with E-state index >= 15 is 0 Å². The van der Waals surface area contributed by atoms with Crippen molar-refractivity contribution in [1.82, 2.24) is 10.2 Å². The van der Waals surface area contributed by atoms with Crippen molar-refractivity contribution < 1.29 is 4.74 Å². The topological polar surface area (TPSA) is 38.2 Å². The van der Waals surface area contributed by atoms with Crippen LogP contribution in [-0.2, 0) is 4.74 Å². The van der Waals surface area contributed by atoms with Gasteiger partial charge in [-0.05, 0) is 32.1 Å². The maximum absolute atomic E-state index is 6.04. The van der Waals surface area contributed by atoms with Gasteiger partial charge < -0.3 is 9.64 Å².